The largest absolute Gasteiger partial charge is 0.361 e. The van der Waals surface area contributed by atoms with Crippen molar-refractivity contribution >= 4 is 5.91 Å². The molecule has 78 valence electrons. The second-order valence-corrected chi connectivity index (χ2v) is 3.10. The Kier molecular flexibility index (Phi) is 3.64. The molecule has 0 aliphatic heterocycles. The summed E-state index contributed by atoms with van der Waals surface area (Å²) in [6.45, 7) is 4.62. The summed E-state index contributed by atoms with van der Waals surface area (Å²) in [6, 6.07) is 0. The molecule has 1 aromatic heterocycles. The molecule has 0 aromatic carbocycles. The van der Waals surface area contributed by atoms with Gasteiger partial charge in [0.05, 0.1) is 5.69 Å². The fraction of sp³-hybridized carbons (Fsp3) is 0.556. The minimum atomic E-state index is -0.144. The Labute approximate surface area is 82.6 Å². The fourth-order valence-corrected chi connectivity index (χ4v) is 1.20. The van der Waals surface area contributed by atoms with Crippen molar-refractivity contribution in [1.29, 1.82) is 0 Å². The van der Waals surface area contributed by atoms with Gasteiger partial charge in [0, 0.05) is 6.54 Å². The lowest BCUT2D eigenvalue weighted by molar-refractivity contribution is 0.0951. The molecule has 1 aromatic rings. The van der Waals surface area contributed by atoms with E-state index in [0.29, 0.717) is 30.1 Å². The first kappa shape index (κ1) is 10.7. The van der Waals surface area contributed by atoms with Crippen molar-refractivity contribution in [2.45, 2.75) is 20.3 Å². The Hall–Kier alpha value is -1.36. The number of hydrogen-bond donors (Lipinski definition) is 2. The summed E-state index contributed by atoms with van der Waals surface area (Å²) in [6.07, 6.45) is 0.773. The summed E-state index contributed by atoms with van der Waals surface area (Å²) >= 11 is 0. The maximum Gasteiger partial charge on any atom is 0.256 e. The van der Waals surface area contributed by atoms with Crippen molar-refractivity contribution in [2.24, 2.45) is 5.73 Å². The molecule has 0 unspecified atom stereocenters. The van der Waals surface area contributed by atoms with E-state index in [1.165, 1.54) is 0 Å². The molecule has 0 aliphatic carbocycles. The number of nitrogens with two attached hydrogens (primary N) is 1. The van der Waals surface area contributed by atoms with Crippen LogP contribution in [0.15, 0.2) is 4.52 Å². The Balaban J connectivity index is 2.60. The molecule has 1 heterocycles. The average Bonchev–Trinajstić information content (AvgIpc) is 2.46. The van der Waals surface area contributed by atoms with Gasteiger partial charge in [0.15, 0.2) is 0 Å². The smallest absolute Gasteiger partial charge is 0.256 e. The number of nitrogens with one attached hydrogen (secondary N) is 1. The topological polar surface area (TPSA) is 81.2 Å². The molecule has 0 bridgehead atoms. The van der Waals surface area contributed by atoms with Gasteiger partial charge in [-0.05, 0) is 26.8 Å². The zero-order valence-corrected chi connectivity index (χ0v) is 8.46. The Morgan fingerprint density at radius 2 is 2.29 bits per heavy atom. The van der Waals surface area contributed by atoms with Gasteiger partial charge in [-0.3, -0.25) is 4.79 Å². The van der Waals surface area contributed by atoms with Gasteiger partial charge < -0.3 is 15.6 Å². The highest BCUT2D eigenvalue weighted by molar-refractivity contribution is 5.95. The highest BCUT2D eigenvalue weighted by Gasteiger charge is 2.16. The van der Waals surface area contributed by atoms with Crippen molar-refractivity contribution < 1.29 is 9.32 Å². The van der Waals surface area contributed by atoms with Crippen molar-refractivity contribution in [3.05, 3.63) is 17.0 Å². The zero-order valence-electron chi connectivity index (χ0n) is 8.46. The molecule has 0 aliphatic rings. The number of aryl methyl sites for hydroxylation is 2. The van der Waals surface area contributed by atoms with Crippen LogP contribution in [-0.4, -0.2) is 24.2 Å². The first-order chi connectivity index (χ1) is 6.66. The minimum absolute atomic E-state index is 0.144. The van der Waals surface area contributed by atoms with Crippen LogP contribution in [0.1, 0.15) is 28.2 Å². The van der Waals surface area contributed by atoms with Crippen LogP contribution < -0.4 is 11.1 Å². The molecule has 1 rings (SSSR count). The van der Waals surface area contributed by atoms with Crippen LogP contribution in [0.5, 0.6) is 0 Å². The molecule has 0 spiro atoms. The van der Waals surface area contributed by atoms with Crippen LogP contribution in [0.2, 0.25) is 0 Å². The summed E-state index contributed by atoms with van der Waals surface area (Å²) in [5.41, 5.74) is 6.46. The molecular weight excluding hydrogens is 182 g/mol. The van der Waals surface area contributed by atoms with Crippen LogP contribution in [0.25, 0.3) is 0 Å². The molecule has 0 atom stereocenters. The van der Waals surface area contributed by atoms with Crippen LogP contribution in [-0.2, 0) is 0 Å². The highest BCUT2D eigenvalue weighted by atomic mass is 16.5. The number of nitrogens with zero attached hydrogens (tertiary/aromatic N) is 1. The normalized spacial score (nSPS) is 10.2. The summed E-state index contributed by atoms with van der Waals surface area (Å²) in [4.78, 5) is 11.6. The van der Waals surface area contributed by atoms with Crippen LogP contribution >= 0.6 is 0 Å². The SMILES string of the molecule is Cc1noc(C)c1C(=O)NCCCN. The van der Waals surface area contributed by atoms with Gasteiger partial charge >= 0.3 is 0 Å². The Morgan fingerprint density at radius 3 is 2.79 bits per heavy atom. The summed E-state index contributed by atoms with van der Waals surface area (Å²) in [5.74, 6) is 0.405. The van der Waals surface area contributed by atoms with E-state index in [0.717, 1.165) is 6.42 Å². The monoisotopic (exact) mass is 197 g/mol. The van der Waals surface area contributed by atoms with Gasteiger partial charge in [-0.2, -0.15) is 0 Å². The average molecular weight is 197 g/mol. The summed E-state index contributed by atoms with van der Waals surface area (Å²) < 4.78 is 4.89. The maximum atomic E-state index is 11.6. The molecule has 5 nitrogen and oxygen atoms in total. The van der Waals surface area contributed by atoms with Gasteiger partial charge in [-0.1, -0.05) is 5.16 Å². The van der Waals surface area contributed by atoms with Crippen LogP contribution in [0.3, 0.4) is 0 Å². The van der Waals surface area contributed by atoms with Crippen LogP contribution in [0.4, 0.5) is 0 Å². The number of rotatable bonds is 4. The Morgan fingerprint density at radius 1 is 1.57 bits per heavy atom. The van der Waals surface area contributed by atoms with Gasteiger partial charge in [0.1, 0.15) is 11.3 Å². The molecule has 0 radical (unpaired) electrons. The number of aromatic nitrogens is 1. The standard InChI is InChI=1S/C9H15N3O2/c1-6-8(7(2)14-12-6)9(13)11-5-3-4-10/h3-5,10H2,1-2H3,(H,11,13). The quantitative estimate of drug-likeness (QED) is 0.683. The molecule has 5 heteroatoms. The van der Waals surface area contributed by atoms with E-state index in [1.807, 2.05) is 0 Å². The minimum Gasteiger partial charge on any atom is -0.361 e. The predicted octanol–water partition coefficient (Wildman–Crippen LogP) is 0.370. The first-order valence-electron chi connectivity index (χ1n) is 4.58. The predicted molar refractivity (Wildman–Crippen MR) is 52.0 cm³/mol. The molecular formula is C9H15N3O2. The number of amides is 1. The second-order valence-electron chi connectivity index (χ2n) is 3.10. The van der Waals surface area contributed by atoms with Gasteiger partial charge in [0.2, 0.25) is 0 Å². The lowest BCUT2D eigenvalue weighted by atomic mass is 10.2. The molecule has 0 saturated carbocycles. The second kappa shape index (κ2) is 4.76. The summed E-state index contributed by atoms with van der Waals surface area (Å²) in [7, 11) is 0. The van der Waals surface area contributed by atoms with Gasteiger partial charge in [0.25, 0.3) is 5.91 Å². The number of hydrogen-bond acceptors (Lipinski definition) is 4. The molecule has 1 amide bonds. The van der Waals surface area contributed by atoms with Crippen molar-refractivity contribution in [3.63, 3.8) is 0 Å². The molecule has 3 N–H and O–H groups in total. The van der Waals surface area contributed by atoms with Crippen molar-refractivity contribution in [1.82, 2.24) is 10.5 Å². The molecule has 0 fully saturated rings. The van der Waals surface area contributed by atoms with E-state index in [9.17, 15) is 4.79 Å². The lowest BCUT2D eigenvalue weighted by Crippen LogP contribution is -2.26. The first-order valence-corrected chi connectivity index (χ1v) is 4.58. The third-order valence-electron chi connectivity index (χ3n) is 1.93. The van der Waals surface area contributed by atoms with Gasteiger partial charge in [-0.15, -0.1) is 0 Å². The van der Waals surface area contributed by atoms with E-state index >= 15 is 0 Å². The maximum absolute atomic E-state index is 11.6. The van der Waals surface area contributed by atoms with E-state index in [1.54, 1.807) is 13.8 Å². The van der Waals surface area contributed by atoms with E-state index < -0.39 is 0 Å². The van der Waals surface area contributed by atoms with E-state index in [-0.39, 0.29) is 5.91 Å². The van der Waals surface area contributed by atoms with Crippen molar-refractivity contribution in [2.75, 3.05) is 13.1 Å². The lowest BCUT2D eigenvalue weighted by Gasteiger charge is -2.02. The fourth-order valence-electron chi connectivity index (χ4n) is 1.20. The number of carbonyl (C=O) groups is 1. The van der Waals surface area contributed by atoms with E-state index in [4.69, 9.17) is 10.3 Å². The van der Waals surface area contributed by atoms with E-state index in [2.05, 4.69) is 10.5 Å². The molecule has 0 saturated heterocycles. The molecule has 14 heavy (non-hydrogen) atoms. The van der Waals surface area contributed by atoms with Gasteiger partial charge in [-0.25, -0.2) is 0 Å². The highest BCUT2D eigenvalue weighted by Crippen LogP contribution is 2.11. The third kappa shape index (κ3) is 2.32. The third-order valence-corrected chi connectivity index (χ3v) is 1.93. The Bertz CT molecular complexity index is 300. The van der Waals surface area contributed by atoms with Crippen molar-refractivity contribution in [3.8, 4) is 0 Å². The number of carbonyl (C=O) groups excluding carboxylic acids is 1. The zero-order chi connectivity index (χ0) is 10.6. The van der Waals surface area contributed by atoms with Crippen LogP contribution in [0, 0.1) is 13.8 Å². The summed E-state index contributed by atoms with van der Waals surface area (Å²) in [5, 5.41) is 6.45.